The van der Waals surface area contributed by atoms with Gasteiger partial charge in [-0.3, -0.25) is 5.32 Å². The summed E-state index contributed by atoms with van der Waals surface area (Å²) in [5.74, 6) is -1.30. The van der Waals surface area contributed by atoms with Crippen molar-refractivity contribution in [3.05, 3.63) is 0 Å². The maximum atomic E-state index is 11.6. The number of hydrogen-bond acceptors (Lipinski definition) is 5. The number of carbonyl (C=O) groups excluding carboxylic acids is 2. The predicted octanol–water partition coefficient (Wildman–Crippen LogP) is 1.55. The van der Waals surface area contributed by atoms with Crippen LogP contribution in [0.3, 0.4) is 0 Å². The van der Waals surface area contributed by atoms with E-state index in [0.29, 0.717) is 12.8 Å². The highest BCUT2D eigenvalue weighted by Crippen LogP contribution is 2.28. The van der Waals surface area contributed by atoms with Crippen LogP contribution >= 0.6 is 22.6 Å². The Balaban J connectivity index is 2.38. The molecule has 1 heterocycles. The summed E-state index contributed by atoms with van der Waals surface area (Å²) in [5, 5.41) is 3.02. The highest BCUT2D eigenvalue weighted by Gasteiger charge is 2.41. The lowest BCUT2D eigenvalue weighted by atomic mass is 10.1. The quantitative estimate of drug-likeness (QED) is 0.277. The Kier molecular flexibility index (Phi) is 4.97. The Labute approximate surface area is 108 Å². The lowest BCUT2D eigenvalue weighted by molar-refractivity contribution is -0.263. The zero-order valence-corrected chi connectivity index (χ0v) is 11.6. The topological polar surface area (TPSA) is 64.6 Å². The Morgan fingerprint density at radius 2 is 2.19 bits per heavy atom. The zero-order chi connectivity index (χ0) is 12.2. The maximum absolute atomic E-state index is 11.6. The van der Waals surface area contributed by atoms with Gasteiger partial charge in [0, 0.05) is 0 Å². The number of alkyl halides is 1. The van der Waals surface area contributed by atoms with E-state index >= 15 is 0 Å². The van der Waals surface area contributed by atoms with Crippen LogP contribution in [0.1, 0.15) is 33.1 Å². The van der Waals surface area contributed by atoms with Crippen molar-refractivity contribution >= 4 is 34.5 Å². The van der Waals surface area contributed by atoms with Gasteiger partial charge in [-0.1, -0.05) is 13.8 Å². The number of rotatable bonds is 3. The third-order valence-electron chi connectivity index (χ3n) is 2.64. The van der Waals surface area contributed by atoms with E-state index in [2.05, 4.69) is 15.1 Å². The summed E-state index contributed by atoms with van der Waals surface area (Å²) >= 11 is 1.99. The third-order valence-corrected chi connectivity index (χ3v) is 4.00. The first-order valence-corrected chi connectivity index (χ1v) is 6.44. The third kappa shape index (κ3) is 3.31. The van der Waals surface area contributed by atoms with Gasteiger partial charge in [-0.15, -0.1) is 0 Å². The summed E-state index contributed by atoms with van der Waals surface area (Å²) < 4.78 is -0.743. The van der Waals surface area contributed by atoms with Gasteiger partial charge in [0.25, 0.3) is 0 Å². The zero-order valence-electron chi connectivity index (χ0n) is 9.42. The fraction of sp³-hybridized carbons (Fsp3) is 0.800. The van der Waals surface area contributed by atoms with Crippen LogP contribution in [0, 0.1) is 5.92 Å². The molecule has 1 N–H and O–H groups in total. The molecular weight excluding hydrogens is 325 g/mol. The second-order valence-corrected chi connectivity index (χ2v) is 5.76. The maximum Gasteiger partial charge on any atom is 0.385 e. The SMILES string of the molecule is CCC(C)C(=O)OOC(=O)C1(I)CCCN1. The average molecular weight is 341 g/mol. The van der Waals surface area contributed by atoms with Gasteiger partial charge < -0.3 is 0 Å². The normalized spacial score (nSPS) is 26.2. The summed E-state index contributed by atoms with van der Waals surface area (Å²) in [6, 6.07) is 0. The van der Waals surface area contributed by atoms with Gasteiger partial charge in [0.05, 0.1) is 5.92 Å². The van der Waals surface area contributed by atoms with Gasteiger partial charge in [-0.25, -0.2) is 19.4 Å². The number of hydrogen-bond donors (Lipinski definition) is 1. The molecule has 0 aromatic carbocycles. The Hall–Kier alpha value is -0.370. The summed E-state index contributed by atoms with van der Waals surface area (Å²) in [6.07, 6.45) is 2.26. The van der Waals surface area contributed by atoms with Crippen LogP contribution in [0.15, 0.2) is 0 Å². The van der Waals surface area contributed by atoms with Crippen LogP contribution in [0.5, 0.6) is 0 Å². The molecular formula is C10H16INO4. The summed E-state index contributed by atoms with van der Waals surface area (Å²) in [7, 11) is 0. The minimum Gasteiger partial charge on any atom is -0.294 e. The van der Waals surface area contributed by atoms with Gasteiger partial charge in [-0.05, 0) is 48.4 Å². The molecule has 0 bridgehead atoms. The van der Waals surface area contributed by atoms with Crippen molar-refractivity contribution in [2.45, 2.75) is 36.7 Å². The van der Waals surface area contributed by atoms with Crippen molar-refractivity contribution in [3.8, 4) is 0 Å². The van der Waals surface area contributed by atoms with Crippen LogP contribution in [0.4, 0.5) is 0 Å². The number of halogens is 1. The molecule has 1 rings (SSSR count). The van der Waals surface area contributed by atoms with E-state index in [9.17, 15) is 9.59 Å². The van der Waals surface area contributed by atoms with E-state index in [-0.39, 0.29) is 5.92 Å². The van der Waals surface area contributed by atoms with Crippen molar-refractivity contribution in [1.29, 1.82) is 0 Å². The van der Waals surface area contributed by atoms with Gasteiger partial charge >= 0.3 is 11.9 Å². The van der Waals surface area contributed by atoms with Gasteiger partial charge in [0.2, 0.25) is 0 Å². The first-order chi connectivity index (χ1) is 7.49. The molecule has 92 valence electrons. The summed E-state index contributed by atoms with van der Waals surface area (Å²) in [6.45, 7) is 4.37. The van der Waals surface area contributed by atoms with Crippen LogP contribution in [-0.4, -0.2) is 22.0 Å². The molecule has 0 radical (unpaired) electrons. The van der Waals surface area contributed by atoms with Crippen molar-refractivity contribution < 1.29 is 19.4 Å². The molecule has 5 nitrogen and oxygen atoms in total. The van der Waals surface area contributed by atoms with Gasteiger partial charge in [0.15, 0.2) is 3.55 Å². The first-order valence-electron chi connectivity index (χ1n) is 5.36. The van der Waals surface area contributed by atoms with E-state index in [1.807, 2.05) is 29.5 Å². The Bertz CT molecular complexity index is 276. The molecule has 16 heavy (non-hydrogen) atoms. The van der Waals surface area contributed by atoms with Gasteiger partial charge in [-0.2, -0.15) is 0 Å². The smallest absolute Gasteiger partial charge is 0.294 e. The second kappa shape index (κ2) is 5.81. The highest BCUT2D eigenvalue weighted by atomic mass is 127. The highest BCUT2D eigenvalue weighted by molar-refractivity contribution is 14.1. The van der Waals surface area contributed by atoms with Crippen molar-refractivity contribution in [2.75, 3.05) is 6.54 Å². The molecule has 6 heteroatoms. The van der Waals surface area contributed by atoms with E-state index in [1.165, 1.54) is 0 Å². The molecule has 1 saturated heterocycles. The molecule has 1 fully saturated rings. The predicted molar refractivity (Wildman–Crippen MR) is 65.6 cm³/mol. The molecule has 0 aromatic heterocycles. The lowest BCUT2D eigenvalue weighted by Crippen LogP contribution is -2.43. The van der Waals surface area contributed by atoms with Crippen LogP contribution in [-0.2, 0) is 19.4 Å². The van der Waals surface area contributed by atoms with Crippen molar-refractivity contribution in [2.24, 2.45) is 5.92 Å². The molecule has 2 unspecified atom stereocenters. The van der Waals surface area contributed by atoms with Gasteiger partial charge in [0.1, 0.15) is 0 Å². The summed E-state index contributed by atoms with van der Waals surface area (Å²) in [5.41, 5.74) is 0. The van der Waals surface area contributed by atoms with E-state index < -0.39 is 15.5 Å². The fourth-order valence-corrected chi connectivity index (χ4v) is 2.02. The van der Waals surface area contributed by atoms with E-state index in [1.54, 1.807) is 6.92 Å². The van der Waals surface area contributed by atoms with Crippen LogP contribution in [0.2, 0.25) is 0 Å². The lowest BCUT2D eigenvalue weighted by Gasteiger charge is -2.18. The molecule has 1 aliphatic heterocycles. The molecule has 0 aromatic rings. The molecule has 1 aliphatic rings. The number of nitrogens with one attached hydrogen (secondary N) is 1. The van der Waals surface area contributed by atoms with Crippen LogP contribution < -0.4 is 5.32 Å². The van der Waals surface area contributed by atoms with E-state index in [4.69, 9.17) is 0 Å². The Morgan fingerprint density at radius 3 is 2.69 bits per heavy atom. The fourth-order valence-electron chi connectivity index (χ4n) is 1.27. The molecule has 2 atom stereocenters. The molecule has 0 spiro atoms. The number of carbonyl (C=O) groups is 2. The minimum atomic E-state index is -0.743. The molecule has 0 amide bonds. The van der Waals surface area contributed by atoms with Crippen molar-refractivity contribution in [1.82, 2.24) is 5.32 Å². The summed E-state index contributed by atoms with van der Waals surface area (Å²) in [4.78, 5) is 31.9. The van der Waals surface area contributed by atoms with Crippen LogP contribution in [0.25, 0.3) is 0 Å². The monoisotopic (exact) mass is 341 g/mol. The van der Waals surface area contributed by atoms with Crippen molar-refractivity contribution in [3.63, 3.8) is 0 Å². The Morgan fingerprint density at radius 1 is 1.50 bits per heavy atom. The van der Waals surface area contributed by atoms with E-state index in [0.717, 1.165) is 13.0 Å². The molecule has 0 aliphatic carbocycles. The average Bonchev–Trinajstić information content (AvgIpc) is 2.72. The second-order valence-electron chi connectivity index (χ2n) is 3.91. The first kappa shape index (κ1) is 13.7. The largest absolute Gasteiger partial charge is 0.385 e. The standard InChI is InChI=1S/C10H16INO4/c1-3-7(2)8(13)15-16-9(14)10(11)5-4-6-12-10/h7,12H,3-6H2,1-2H3. The minimum absolute atomic E-state index is 0.255. The molecule has 0 saturated carbocycles.